The van der Waals surface area contributed by atoms with Crippen molar-refractivity contribution in [2.45, 2.75) is 43.7 Å². The van der Waals surface area contributed by atoms with Crippen LogP contribution in [0.3, 0.4) is 0 Å². The molecule has 1 unspecified atom stereocenters. The molecule has 1 N–H and O–H groups in total. The van der Waals surface area contributed by atoms with Crippen LogP contribution in [0.15, 0.2) is 59.5 Å². The Kier molecular flexibility index (Phi) is 6.92. The minimum absolute atomic E-state index is 0.0479. The second-order valence-corrected chi connectivity index (χ2v) is 9.40. The van der Waals surface area contributed by atoms with Gasteiger partial charge < -0.3 is 10.2 Å². The standard InChI is InChI=1S/C22H29N3O3S/c1-18(20-9-5-3-6-10-20)24(2)22(26)23-17-19-11-13-21(14-12-19)29(27,28)25-15-7-4-8-16-25/h3,5-6,9-14,18H,4,7-8,15-17H2,1-2H3,(H,23,26). The molecule has 2 aromatic carbocycles. The molecular weight excluding hydrogens is 386 g/mol. The van der Waals surface area contributed by atoms with Crippen molar-refractivity contribution in [1.82, 2.24) is 14.5 Å². The van der Waals surface area contributed by atoms with Crippen molar-refractivity contribution in [3.8, 4) is 0 Å². The van der Waals surface area contributed by atoms with Gasteiger partial charge in [0.15, 0.2) is 0 Å². The monoisotopic (exact) mass is 415 g/mol. The number of piperidine rings is 1. The Morgan fingerprint density at radius 3 is 2.28 bits per heavy atom. The molecule has 1 atom stereocenters. The molecule has 3 rings (SSSR count). The van der Waals surface area contributed by atoms with Crippen LogP contribution < -0.4 is 5.32 Å². The van der Waals surface area contributed by atoms with Gasteiger partial charge in [-0.2, -0.15) is 4.31 Å². The van der Waals surface area contributed by atoms with E-state index in [9.17, 15) is 13.2 Å². The van der Waals surface area contributed by atoms with Crippen LogP contribution in [0.5, 0.6) is 0 Å². The zero-order chi connectivity index (χ0) is 20.9. The lowest BCUT2D eigenvalue weighted by atomic mass is 10.1. The number of carbonyl (C=O) groups excluding carboxylic acids is 1. The molecule has 7 heteroatoms. The van der Waals surface area contributed by atoms with Crippen molar-refractivity contribution < 1.29 is 13.2 Å². The smallest absolute Gasteiger partial charge is 0.317 e. The second kappa shape index (κ2) is 9.41. The number of benzene rings is 2. The second-order valence-electron chi connectivity index (χ2n) is 7.46. The van der Waals surface area contributed by atoms with Gasteiger partial charge in [0.1, 0.15) is 0 Å². The first kappa shape index (κ1) is 21.3. The van der Waals surface area contributed by atoms with Gasteiger partial charge in [0.05, 0.1) is 10.9 Å². The third kappa shape index (κ3) is 5.16. The molecule has 0 aliphatic carbocycles. The van der Waals surface area contributed by atoms with Gasteiger partial charge >= 0.3 is 6.03 Å². The van der Waals surface area contributed by atoms with E-state index in [2.05, 4.69) is 5.32 Å². The van der Waals surface area contributed by atoms with Crippen molar-refractivity contribution in [3.63, 3.8) is 0 Å². The van der Waals surface area contributed by atoms with Crippen molar-refractivity contribution in [1.29, 1.82) is 0 Å². The average molecular weight is 416 g/mol. The Morgan fingerprint density at radius 1 is 1.03 bits per heavy atom. The highest BCUT2D eigenvalue weighted by molar-refractivity contribution is 7.89. The molecule has 29 heavy (non-hydrogen) atoms. The summed E-state index contributed by atoms with van der Waals surface area (Å²) in [5.74, 6) is 0. The number of hydrogen-bond acceptors (Lipinski definition) is 3. The first-order valence-electron chi connectivity index (χ1n) is 10.0. The van der Waals surface area contributed by atoms with Crippen molar-refractivity contribution >= 4 is 16.1 Å². The number of carbonyl (C=O) groups is 1. The lowest BCUT2D eigenvalue weighted by Gasteiger charge is -2.26. The molecule has 1 fully saturated rings. The molecule has 1 heterocycles. The van der Waals surface area contributed by atoms with Crippen LogP contribution in [0, 0.1) is 0 Å². The minimum Gasteiger partial charge on any atom is -0.334 e. The number of nitrogens with one attached hydrogen (secondary N) is 1. The van der Waals surface area contributed by atoms with E-state index in [0.717, 1.165) is 30.4 Å². The average Bonchev–Trinajstić information content (AvgIpc) is 2.78. The maximum atomic E-state index is 12.7. The Hall–Kier alpha value is -2.38. The van der Waals surface area contributed by atoms with Gasteiger partial charge in [0.25, 0.3) is 0 Å². The summed E-state index contributed by atoms with van der Waals surface area (Å²) in [6, 6.07) is 16.4. The first-order valence-corrected chi connectivity index (χ1v) is 11.5. The van der Waals surface area contributed by atoms with Gasteiger partial charge in [-0.3, -0.25) is 0 Å². The maximum Gasteiger partial charge on any atom is 0.317 e. The number of rotatable bonds is 6. The van der Waals surface area contributed by atoms with Crippen LogP contribution in [0.4, 0.5) is 4.79 Å². The number of sulfonamides is 1. The molecule has 0 bridgehead atoms. The van der Waals surface area contributed by atoms with Crippen LogP contribution in [0.2, 0.25) is 0 Å². The summed E-state index contributed by atoms with van der Waals surface area (Å²) in [7, 11) is -1.66. The fourth-order valence-corrected chi connectivity index (χ4v) is 4.98. The van der Waals surface area contributed by atoms with E-state index in [4.69, 9.17) is 0 Å². The van der Waals surface area contributed by atoms with Gasteiger partial charge in [-0.15, -0.1) is 0 Å². The van der Waals surface area contributed by atoms with Crippen LogP contribution in [-0.4, -0.2) is 43.8 Å². The third-order valence-corrected chi connectivity index (χ3v) is 7.42. The highest BCUT2D eigenvalue weighted by Gasteiger charge is 2.25. The third-order valence-electron chi connectivity index (χ3n) is 5.50. The fourth-order valence-electron chi connectivity index (χ4n) is 3.47. The van der Waals surface area contributed by atoms with Crippen LogP contribution in [0.25, 0.3) is 0 Å². The zero-order valence-electron chi connectivity index (χ0n) is 17.0. The molecule has 1 saturated heterocycles. The van der Waals surface area contributed by atoms with Crippen molar-refractivity contribution in [2.24, 2.45) is 0 Å². The summed E-state index contributed by atoms with van der Waals surface area (Å²) in [5, 5.41) is 2.90. The lowest BCUT2D eigenvalue weighted by Crippen LogP contribution is -2.38. The molecule has 0 aromatic heterocycles. The summed E-state index contributed by atoms with van der Waals surface area (Å²) >= 11 is 0. The molecule has 1 aliphatic rings. The van der Waals surface area contributed by atoms with Gasteiger partial charge in [-0.05, 0) is 43.0 Å². The van der Waals surface area contributed by atoms with E-state index >= 15 is 0 Å². The normalized spacial score (nSPS) is 16.2. The predicted octanol–water partition coefficient (Wildman–Crippen LogP) is 3.76. The summed E-state index contributed by atoms with van der Waals surface area (Å²) in [5.41, 5.74) is 1.93. The first-order chi connectivity index (χ1) is 13.9. The molecule has 0 spiro atoms. The summed E-state index contributed by atoms with van der Waals surface area (Å²) in [4.78, 5) is 14.4. The highest BCUT2D eigenvalue weighted by atomic mass is 32.2. The molecule has 0 saturated carbocycles. The van der Waals surface area contributed by atoms with Crippen LogP contribution in [0.1, 0.15) is 43.4 Å². The summed E-state index contributed by atoms with van der Waals surface area (Å²) < 4.78 is 27.0. The maximum absolute atomic E-state index is 12.7. The molecule has 2 amide bonds. The van der Waals surface area contributed by atoms with E-state index in [1.807, 2.05) is 37.3 Å². The molecule has 2 aromatic rings. The predicted molar refractivity (Wildman–Crippen MR) is 114 cm³/mol. The lowest BCUT2D eigenvalue weighted by molar-refractivity contribution is 0.194. The molecule has 0 radical (unpaired) electrons. The Morgan fingerprint density at radius 2 is 1.66 bits per heavy atom. The van der Waals surface area contributed by atoms with E-state index < -0.39 is 10.0 Å². The minimum atomic E-state index is -3.43. The molecule has 6 nitrogen and oxygen atoms in total. The highest BCUT2D eigenvalue weighted by Crippen LogP contribution is 2.21. The van der Waals surface area contributed by atoms with E-state index in [-0.39, 0.29) is 12.1 Å². The van der Waals surface area contributed by atoms with Crippen LogP contribution >= 0.6 is 0 Å². The Bertz CT molecular complexity index is 908. The fraction of sp³-hybridized carbons (Fsp3) is 0.409. The van der Waals surface area contributed by atoms with Gasteiger partial charge in [-0.25, -0.2) is 13.2 Å². The molecular formula is C22H29N3O3S. The zero-order valence-corrected chi connectivity index (χ0v) is 17.9. The van der Waals surface area contributed by atoms with Gasteiger partial charge in [0.2, 0.25) is 10.0 Å². The van der Waals surface area contributed by atoms with Crippen molar-refractivity contribution in [3.05, 3.63) is 65.7 Å². The summed E-state index contributed by atoms with van der Waals surface area (Å²) in [6.45, 7) is 3.50. The number of urea groups is 1. The van der Waals surface area contributed by atoms with E-state index in [0.29, 0.717) is 24.5 Å². The Balaban J connectivity index is 1.58. The van der Waals surface area contributed by atoms with E-state index in [1.54, 1.807) is 40.5 Å². The van der Waals surface area contributed by atoms with Crippen molar-refractivity contribution in [2.75, 3.05) is 20.1 Å². The summed E-state index contributed by atoms with van der Waals surface area (Å²) in [6.07, 6.45) is 2.92. The topological polar surface area (TPSA) is 69.7 Å². The Labute approximate surface area is 173 Å². The quantitative estimate of drug-likeness (QED) is 0.781. The number of amides is 2. The SMILES string of the molecule is CC(c1ccccc1)N(C)C(=O)NCc1ccc(S(=O)(=O)N2CCCCC2)cc1. The number of nitrogens with zero attached hydrogens (tertiary/aromatic N) is 2. The van der Waals surface area contributed by atoms with Gasteiger partial charge in [-0.1, -0.05) is 48.9 Å². The largest absolute Gasteiger partial charge is 0.334 e. The number of hydrogen-bond donors (Lipinski definition) is 1. The van der Waals surface area contributed by atoms with Crippen LogP contribution in [-0.2, 0) is 16.6 Å². The van der Waals surface area contributed by atoms with E-state index in [1.165, 1.54) is 0 Å². The van der Waals surface area contributed by atoms with Gasteiger partial charge in [0, 0.05) is 26.7 Å². The molecule has 1 aliphatic heterocycles. The molecule has 156 valence electrons.